The summed E-state index contributed by atoms with van der Waals surface area (Å²) < 4.78 is 5.44. The van der Waals surface area contributed by atoms with Crippen LogP contribution in [0.25, 0.3) is 0 Å². The summed E-state index contributed by atoms with van der Waals surface area (Å²) in [5.74, 6) is 0.520. The number of hydrogen-bond donors (Lipinski definition) is 2. The van der Waals surface area contributed by atoms with Crippen molar-refractivity contribution in [1.82, 2.24) is 5.32 Å². The highest BCUT2D eigenvalue weighted by molar-refractivity contribution is 7.99. The fraction of sp³-hybridized carbons (Fsp3) is 0.167. The third kappa shape index (κ3) is 4.49. The number of carbonyl (C=O) groups is 2. The largest absolute Gasteiger partial charge is 0.494 e. The molecule has 0 spiro atoms. The number of rotatable bonds is 6. The summed E-state index contributed by atoms with van der Waals surface area (Å²) in [6, 6.07) is 20.8. The summed E-state index contributed by atoms with van der Waals surface area (Å²) in [4.78, 5) is 26.9. The van der Waals surface area contributed by atoms with Crippen molar-refractivity contribution in [1.29, 1.82) is 0 Å². The first-order valence-corrected chi connectivity index (χ1v) is 10.7. The van der Waals surface area contributed by atoms with Crippen molar-refractivity contribution >= 4 is 29.3 Å². The van der Waals surface area contributed by atoms with Gasteiger partial charge in [-0.25, -0.2) is 0 Å². The van der Waals surface area contributed by atoms with E-state index in [0.717, 1.165) is 27.5 Å². The molecule has 30 heavy (non-hydrogen) atoms. The maximum absolute atomic E-state index is 12.6. The highest BCUT2D eigenvalue weighted by Gasteiger charge is 2.20. The average molecular weight is 419 g/mol. The van der Waals surface area contributed by atoms with Gasteiger partial charge in [0.25, 0.3) is 11.8 Å². The number of ether oxygens (including phenoxy) is 1. The lowest BCUT2D eigenvalue weighted by Crippen LogP contribution is -2.25. The van der Waals surface area contributed by atoms with Gasteiger partial charge in [0.15, 0.2) is 0 Å². The molecule has 0 radical (unpaired) electrons. The van der Waals surface area contributed by atoms with E-state index in [0.29, 0.717) is 30.0 Å². The van der Waals surface area contributed by atoms with Crippen LogP contribution in [-0.2, 0) is 6.42 Å². The molecule has 4 rings (SSSR count). The van der Waals surface area contributed by atoms with Gasteiger partial charge in [-0.15, -0.1) is 0 Å². The van der Waals surface area contributed by atoms with E-state index in [1.54, 1.807) is 18.2 Å². The molecular weight excluding hydrogens is 396 g/mol. The number of benzene rings is 3. The van der Waals surface area contributed by atoms with Crippen LogP contribution in [0.2, 0.25) is 0 Å². The predicted octanol–water partition coefficient (Wildman–Crippen LogP) is 4.77. The molecular formula is C24H22N2O3S. The quantitative estimate of drug-likeness (QED) is 0.605. The molecule has 0 fully saturated rings. The third-order valence-electron chi connectivity index (χ3n) is 4.78. The van der Waals surface area contributed by atoms with Crippen molar-refractivity contribution in [3.8, 4) is 5.75 Å². The van der Waals surface area contributed by atoms with E-state index in [-0.39, 0.29) is 11.8 Å². The molecule has 6 heteroatoms. The molecule has 0 bridgehead atoms. The Kier molecular flexibility index (Phi) is 6.05. The van der Waals surface area contributed by atoms with Crippen LogP contribution in [0.3, 0.4) is 0 Å². The van der Waals surface area contributed by atoms with Gasteiger partial charge in [0.1, 0.15) is 5.75 Å². The molecule has 0 unspecified atom stereocenters. The molecule has 1 aliphatic rings. The molecule has 2 N–H and O–H groups in total. The van der Waals surface area contributed by atoms with Crippen LogP contribution >= 0.6 is 11.8 Å². The highest BCUT2D eigenvalue weighted by Crippen LogP contribution is 2.38. The van der Waals surface area contributed by atoms with Crippen LogP contribution < -0.4 is 15.4 Å². The van der Waals surface area contributed by atoms with E-state index < -0.39 is 0 Å². The number of nitrogens with one attached hydrogen (secondary N) is 2. The van der Waals surface area contributed by atoms with E-state index >= 15 is 0 Å². The Morgan fingerprint density at radius 1 is 1.03 bits per heavy atom. The number of amides is 2. The van der Waals surface area contributed by atoms with Crippen molar-refractivity contribution in [2.45, 2.75) is 23.1 Å². The molecule has 152 valence electrons. The SMILES string of the molecule is CCOc1ccc(CCNC(=O)c2ccc3c(c2)NC(=O)c2ccccc2S3)cc1. The smallest absolute Gasteiger partial charge is 0.256 e. The Morgan fingerprint density at radius 2 is 1.83 bits per heavy atom. The van der Waals surface area contributed by atoms with Crippen LogP contribution in [-0.4, -0.2) is 25.0 Å². The second-order valence-electron chi connectivity index (χ2n) is 6.85. The lowest BCUT2D eigenvalue weighted by molar-refractivity contribution is 0.0952. The first-order chi connectivity index (χ1) is 14.6. The number of carbonyl (C=O) groups excluding carboxylic acids is 2. The maximum Gasteiger partial charge on any atom is 0.256 e. The monoisotopic (exact) mass is 418 g/mol. The summed E-state index contributed by atoms with van der Waals surface area (Å²) in [6.07, 6.45) is 0.727. The number of fused-ring (bicyclic) bond motifs is 2. The molecule has 0 atom stereocenters. The van der Waals surface area contributed by atoms with Gasteiger partial charge in [0, 0.05) is 21.9 Å². The van der Waals surface area contributed by atoms with Crippen LogP contribution in [0.1, 0.15) is 33.2 Å². The highest BCUT2D eigenvalue weighted by atomic mass is 32.2. The van der Waals surface area contributed by atoms with Crippen molar-refractivity contribution in [2.75, 3.05) is 18.5 Å². The van der Waals surface area contributed by atoms with Crippen molar-refractivity contribution in [3.63, 3.8) is 0 Å². The first-order valence-electron chi connectivity index (χ1n) is 9.86. The zero-order valence-electron chi connectivity index (χ0n) is 16.6. The minimum Gasteiger partial charge on any atom is -0.494 e. The fourth-order valence-corrected chi connectivity index (χ4v) is 4.26. The topological polar surface area (TPSA) is 67.4 Å². The lowest BCUT2D eigenvalue weighted by Gasteiger charge is -2.10. The first kappa shape index (κ1) is 20.0. The molecule has 2 amide bonds. The third-order valence-corrected chi connectivity index (χ3v) is 5.93. The predicted molar refractivity (Wildman–Crippen MR) is 119 cm³/mol. The van der Waals surface area contributed by atoms with Crippen LogP contribution in [0.5, 0.6) is 5.75 Å². The normalized spacial score (nSPS) is 12.2. The Morgan fingerprint density at radius 3 is 2.63 bits per heavy atom. The molecule has 5 nitrogen and oxygen atoms in total. The van der Waals surface area contributed by atoms with Crippen molar-refractivity contribution < 1.29 is 14.3 Å². The molecule has 0 saturated carbocycles. The second kappa shape index (κ2) is 9.05. The second-order valence-corrected chi connectivity index (χ2v) is 7.93. The van der Waals surface area contributed by atoms with E-state index in [4.69, 9.17) is 4.74 Å². The van der Waals surface area contributed by atoms with Crippen molar-refractivity contribution in [3.05, 3.63) is 83.4 Å². The molecule has 1 heterocycles. The summed E-state index contributed by atoms with van der Waals surface area (Å²) in [5, 5.41) is 5.87. The summed E-state index contributed by atoms with van der Waals surface area (Å²) in [5.41, 5.74) is 2.94. The maximum atomic E-state index is 12.6. The Hall–Kier alpha value is -3.25. The zero-order valence-corrected chi connectivity index (χ0v) is 17.4. The standard InChI is InChI=1S/C24H22N2O3S/c1-2-29-18-10-7-16(8-11-18)13-14-25-23(27)17-9-12-22-20(15-17)26-24(28)19-5-3-4-6-21(19)30-22/h3-12,15H,2,13-14H2,1H3,(H,25,27)(H,26,28). The molecule has 0 aromatic heterocycles. The van der Waals surface area contributed by atoms with Crippen LogP contribution in [0.15, 0.2) is 76.5 Å². The van der Waals surface area contributed by atoms with Gasteiger partial charge in [-0.1, -0.05) is 36.0 Å². The number of hydrogen-bond acceptors (Lipinski definition) is 4. The summed E-state index contributed by atoms with van der Waals surface area (Å²) in [7, 11) is 0. The van der Waals surface area contributed by atoms with Crippen LogP contribution in [0.4, 0.5) is 5.69 Å². The number of anilines is 1. The fourth-order valence-electron chi connectivity index (χ4n) is 3.25. The lowest BCUT2D eigenvalue weighted by atomic mass is 10.1. The molecule has 3 aromatic carbocycles. The van der Waals surface area contributed by atoms with Gasteiger partial charge in [0.2, 0.25) is 0 Å². The van der Waals surface area contributed by atoms with E-state index in [2.05, 4.69) is 10.6 Å². The van der Waals surface area contributed by atoms with Crippen LogP contribution in [0, 0.1) is 0 Å². The van der Waals surface area contributed by atoms with Gasteiger partial charge < -0.3 is 15.4 Å². The van der Waals surface area contributed by atoms with Gasteiger partial charge in [-0.05, 0) is 61.4 Å². The minimum atomic E-state index is -0.162. The van der Waals surface area contributed by atoms with E-state index in [1.165, 1.54) is 11.8 Å². The van der Waals surface area contributed by atoms with Gasteiger partial charge in [-0.3, -0.25) is 9.59 Å². The average Bonchev–Trinajstić information content (AvgIpc) is 2.90. The Bertz CT molecular complexity index is 1080. The molecule has 1 aliphatic heterocycles. The molecule has 0 aliphatic carbocycles. The zero-order chi connectivity index (χ0) is 20.9. The van der Waals surface area contributed by atoms with Gasteiger partial charge in [0.05, 0.1) is 17.9 Å². The molecule has 0 saturated heterocycles. The summed E-state index contributed by atoms with van der Waals surface area (Å²) >= 11 is 1.52. The Labute approximate surface area is 179 Å². The Balaban J connectivity index is 1.40. The van der Waals surface area contributed by atoms with Gasteiger partial charge in [-0.2, -0.15) is 0 Å². The van der Waals surface area contributed by atoms with Gasteiger partial charge >= 0.3 is 0 Å². The van der Waals surface area contributed by atoms with Crippen molar-refractivity contribution in [2.24, 2.45) is 0 Å². The minimum absolute atomic E-state index is 0.162. The van der Waals surface area contributed by atoms with E-state index in [9.17, 15) is 9.59 Å². The van der Waals surface area contributed by atoms with E-state index in [1.807, 2.05) is 55.5 Å². The molecule has 3 aromatic rings. The summed E-state index contributed by atoms with van der Waals surface area (Å²) in [6.45, 7) is 3.12.